The van der Waals surface area contributed by atoms with Crippen LogP contribution in [0.25, 0.3) is 11.0 Å². The van der Waals surface area contributed by atoms with E-state index < -0.39 is 0 Å². The Morgan fingerprint density at radius 3 is 2.60 bits per heavy atom. The summed E-state index contributed by atoms with van der Waals surface area (Å²) in [4.78, 5) is 17.0. The van der Waals surface area contributed by atoms with Crippen LogP contribution in [0.5, 0.6) is 0 Å². The molecular formula is C24H22N4OS. The average molecular weight is 415 g/mol. The summed E-state index contributed by atoms with van der Waals surface area (Å²) in [5.41, 5.74) is 7.87. The SMILES string of the molecule is Cc1ccccc1/C=N\NC(=O)CSc1nc2ccccc2n1Cc1ccccc1. The summed E-state index contributed by atoms with van der Waals surface area (Å²) in [5.74, 6) is 0.0756. The number of imidazole rings is 1. The van der Waals surface area contributed by atoms with Crippen LogP contribution in [0.15, 0.2) is 89.1 Å². The van der Waals surface area contributed by atoms with Crippen LogP contribution < -0.4 is 5.43 Å². The minimum Gasteiger partial charge on any atom is -0.314 e. The molecule has 30 heavy (non-hydrogen) atoms. The Bertz CT molecular complexity index is 1180. The zero-order valence-electron chi connectivity index (χ0n) is 16.7. The Labute approximate surface area is 179 Å². The predicted octanol–water partition coefficient (Wildman–Crippen LogP) is 4.64. The van der Waals surface area contributed by atoms with Gasteiger partial charge in [0.2, 0.25) is 0 Å². The van der Waals surface area contributed by atoms with Gasteiger partial charge < -0.3 is 4.57 Å². The van der Waals surface area contributed by atoms with Crippen molar-refractivity contribution in [2.24, 2.45) is 5.10 Å². The lowest BCUT2D eigenvalue weighted by molar-refractivity contribution is -0.118. The van der Waals surface area contributed by atoms with Crippen molar-refractivity contribution in [2.75, 3.05) is 5.75 Å². The van der Waals surface area contributed by atoms with Gasteiger partial charge in [-0.15, -0.1) is 0 Å². The highest BCUT2D eigenvalue weighted by Crippen LogP contribution is 2.25. The van der Waals surface area contributed by atoms with Crippen LogP contribution in [-0.2, 0) is 11.3 Å². The first kappa shape index (κ1) is 19.9. The number of hydrazone groups is 1. The van der Waals surface area contributed by atoms with E-state index in [1.54, 1.807) is 6.21 Å². The lowest BCUT2D eigenvalue weighted by Gasteiger charge is -2.09. The number of nitrogens with one attached hydrogen (secondary N) is 1. The molecule has 0 aliphatic carbocycles. The molecule has 0 fully saturated rings. The van der Waals surface area contributed by atoms with Gasteiger partial charge in [-0.1, -0.05) is 78.5 Å². The van der Waals surface area contributed by atoms with Crippen molar-refractivity contribution < 1.29 is 4.79 Å². The zero-order chi connectivity index (χ0) is 20.8. The first-order valence-electron chi connectivity index (χ1n) is 9.70. The smallest absolute Gasteiger partial charge is 0.250 e. The second-order valence-electron chi connectivity index (χ2n) is 6.89. The molecule has 5 nitrogen and oxygen atoms in total. The molecule has 0 saturated carbocycles. The van der Waals surface area contributed by atoms with E-state index in [2.05, 4.69) is 33.3 Å². The van der Waals surface area contributed by atoms with Crippen molar-refractivity contribution in [3.8, 4) is 0 Å². The molecule has 3 aromatic carbocycles. The highest BCUT2D eigenvalue weighted by atomic mass is 32.2. The fraction of sp³-hybridized carbons (Fsp3) is 0.125. The van der Waals surface area contributed by atoms with Crippen LogP contribution in [0.1, 0.15) is 16.7 Å². The van der Waals surface area contributed by atoms with Crippen molar-refractivity contribution in [1.82, 2.24) is 15.0 Å². The molecule has 0 bridgehead atoms. The van der Waals surface area contributed by atoms with Crippen LogP contribution in [0.2, 0.25) is 0 Å². The summed E-state index contributed by atoms with van der Waals surface area (Å²) < 4.78 is 2.15. The Kier molecular flexibility index (Phi) is 6.25. The Hall–Kier alpha value is -3.38. The van der Waals surface area contributed by atoms with Gasteiger partial charge in [-0.05, 0) is 35.7 Å². The maximum Gasteiger partial charge on any atom is 0.250 e. The molecule has 0 aliphatic rings. The van der Waals surface area contributed by atoms with Gasteiger partial charge in [0.15, 0.2) is 5.16 Å². The minimum absolute atomic E-state index is 0.164. The summed E-state index contributed by atoms with van der Waals surface area (Å²) >= 11 is 1.42. The minimum atomic E-state index is -0.164. The topological polar surface area (TPSA) is 59.3 Å². The largest absolute Gasteiger partial charge is 0.314 e. The number of aromatic nitrogens is 2. The molecule has 0 atom stereocenters. The van der Waals surface area contributed by atoms with E-state index >= 15 is 0 Å². The van der Waals surface area contributed by atoms with Gasteiger partial charge in [-0.3, -0.25) is 4.79 Å². The quantitative estimate of drug-likeness (QED) is 0.272. The number of benzene rings is 3. The second kappa shape index (κ2) is 9.41. The van der Waals surface area contributed by atoms with E-state index in [9.17, 15) is 4.79 Å². The van der Waals surface area contributed by atoms with Crippen molar-refractivity contribution in [3.63, 3.8) is 0 Å². The number of nitrogens with zero attached hydrogens (tertiary/aromatic N) is 3. The molecule has 4 aromatic rings. The molecule has 0 unspecified atom stereocenters. The number of carbonyl (C=O) groups is 1. The third-order valence-electron chi connectivity index (χ3n) is 4.72. The lowest BCUT2D eigenvalue weighted by Crippen LogP contribution is -2.20. The Morgan fingerprint density at radius 1 is 1.03 bits per heavy atom. The van der Waals surface area contributed by atoms with Gasteiger partial charge in [-0.25, -0.2) is 10.4 Å². The molecule has 1 amide bonds. The highest BCUT2D eigenvalue weighted by molar-refractivity contribution is 7.99. The first-order chi connectivity index (χ1) is 14.7. The maximum atomic E-state index is 12.3. The van der Waals surface area contributed by atoms with E-state index in [0.717, 1.165) is 27.3 Å². The van der Waals surface area contributed by atoms with Gasteiger partial charge in [0.25, 0.3) is 5.91 Å². The zero-order valence-corrected chi connectivity index (χ0v) is 17.5. The molecule has 4 rings (SSSR count). The summed E-state index contributed by atoms with van der Waals surface area (Å²) in [6.45, 7) is 2.72. The number of hydrogen-bond donors (Lipinski definition) is 1. The van der Waals surface area contributed by atoms with Gasteiger partial charge in [0.1, 0.15) is 0 Å². The van der Waals surface area contributed by atoms with E-state index in [-0.39, 0.29) is 11.7 Å². The molecule has 1 aromatic heterocycles. The molecule has 0 saturated heterocycles. The van der Waals surface area contributed by atoms with Crippen molar-refractivity contribution >= 4 is 34.9 Å². The molecule has 0 radical (unpaired) electrons. The van der Waals surface area contributed by atoms with E-state index in [0.29, 0.717) is 6.54 Å². The van der Waals surface area contributed by atoms with Crippen molar-refractivity contribution in [1.29, 1.82) is 0 Å². The number of fused-ring (bicyclic) bond motifs is 1. The van der Waals surface area contributed by atoms with E-state index in [4.69, 9.17) is 4.98 Å². The molecule has 150 valence electrons. The Morgan fingerprint density at radius 2 is 1.77 bits per heavy atom. The summed E-state index contributed by atoms with van der Waals surface area (Å²) in [6, 6.07) is 26.2. The average Bonchev–Trinajstić information content (AvgIpc) is 3.12. The summed E-state index contributed by atoms with van der Waals surface area (Å²) in [6.07, 6.45) is 1.67. The first-order valence-corrected chi connectivity index (χ1v) is 10.7. The van der Waals surface area contributed by atoms with Crippen LogP contribution >= 0.6 is 11.8 Å². The summed E-state index contributed by atoms with van der Waals surface area (Å²) in [7, 11) is 0. The third kappa shape index (κ3) is 4.78. The predicted molar refractivity (Wildman–Crippen MR) is 123 cm³/mol. The van der Waals surface area contributed by atoms with Crippen LogP contribution in [0, 0.1) is 6.92 Å². The van der Waals surface area contributed by atoms with Gasteiger partial charge in [-0.2, -0.15) is 5.10 Å². The van der Waals surface area contributed by atoms with Crippen LogP contribution in [0.3, 0.4) is 0 Å². The lowest BCUT2D eigenvalue weighted by atomic mass is 10.1. The van der Waals surface area contributed by atoms with Crippen LogP contribution in [-0.4, -0.2) is 27.4 Å². The number of para-hydroxylation sites is 2. The standard InChI is InChI=1S/C24H22N4OS/c1-18-9-5-6-12-20(18)15-25-27-23(29)17-30-24-26-21-13-7-8-14-22(21)28(24)16-19-10-3-2-4-11-19/h2-15H,16-17H2,1H3,(H,27,29)/b25-15-. The molecule has 0 aliphatic heterocycles. The number of rotatable bonds is 7. The number of thioether (sulfide) groups is 1. The van der Waals surface area contributed by atoms with Crippen LogP contribution in [0.4, 0.5) is 0 Å². The second-order valence-corrected chi connectivity index (χ2v) is 7.84. The molecule has 1 heterocycles. The maximum absolute atomic E-state index is 12.3. The molecule has 1 N–H and O–H groups in total. The number of hydrogen-bond acceptors (Lipinski definition) is 4. The molecule has 0 spiro atoms. The normalized spacial score (nSPS) is 11.2. The third-order valence-corrected chi connectivity index (χ3v) is 5.69. The molecule has 6 heteroatoms. The fourth-order valence-corrected chi connectivity index (χ4v) is 3.96. The number of carbonyl (C=O) groups excluding carboxylic acids is 1. The van der Waals surface area contributed by atoms with Crippen molar-refractivity contribution in [2.45, 2.75) is 18.6 Å². The van der Waals surface area contributed by atoms with E-state index in [1.165, 1.54) is 17.3 Å². The van der Waals surface area contributed by atoms with Gasteiger partial charge in [0, 0.05) is 0 Å². The van der Waals surface area contributed by atoms with E-state index in [1.807, 2.05) is 67.6 Å². The van der Waals surface area contributed by atoms with Gasteiger partial charge >= 0.3 is 0 Å². The number of amides is 1. The fourth-order valence-electron chi connectivity index (χ4n) is 3.15. The Balaban J connectivity index is 1.45. The van der Waals surface area contributed by atoms with Gasteiger partial charge in [0.05, 0.1) is 29.5 Å². The highest BCUT2D eigenvalue weighted by Gasteiger charge is 2.13. The monoisotopic (exact) mass is 414 g/mol. The number of aryl methyl sites for hydroxylation is 1. The molecular weight excluding hydrogens is 392 g/mol. The van der Waals surface area contributed by atoms with Crippen molar-refractivity contribution in [3.05, 3.63) is 95.6 Å². The summed E-state index contributed by atoms with van der Waals surface area (Å²) in [5, 5.41) is 4.90.